The Bertz CT molecular complexity index is 857. The highest BCUT2D eigenvalue weighted by atomic mass is 35.5. The van der Waals surface area contributed by atoms with Crippen LogP contribution in [-0.4, -0.2) is 21.0 Å². The molecule has 1 heterocycles. The summed E-state index contributed by atoms with van der Waals surface area (Å²) in [5.41, 5.74) is 3.26. The molecular formula is C17H14ClFN2O2. The third kappa shape index (κ3) is 4.17. The lowest BCUT2D eigenvalue weighted by atomic mass is 10.1. The monoisotopic (exact) mass is 332 g/mol. The third-order valence-corrected chi connectivity index (χ3v) is 3.26. The summed E-state index contributed by atoms with van der Waals surface area (Å²) in [6.07, 6.45) is 3.23. The smallest absolute Gasteiger partial charge is 0.328 e. The molecule has 0 unspecified atom stereocenters. The number of carboxylic acid groups (broad SMARTS) is 1. The van der Waals surface area contributed by atoms with Crippen LogP contribution in [0.25, 0.3) is 17.1 Å². The number of hydrogen-bond donors (Lipinski definition) is 2. The first-order valence-corrected chi connectivity index (χ1v) is 6.74. The molecule has 3 rings (SSSR count). The van der Waals surface area contributed by atoms with Gasteiger partial charge < -0.3 is 10.1 Å². The molecule has 3 aromatic rings. The zero-order valence-corrected chi connectivity index (χ0v) is 12.8. The van der Waals surface area contributed by atoms with Crippen LogP contribution in [0.4, 0.5) is 4.39 Å². The van der Waals surface area contributed by atoms with E-state index in [2.05, 4.69) is 9.97 Å². The number of imidazole rings is 1. The van der Waals surface area contributed by atoms with Gasteiger partial charge in [-0.3, -0.25) is 0 Å². The van der Waals surface area contributed by atoms with E-state index in [0.29, 0.717) is 11.9 Å². The van der Waals surface area contributed by atoms with E-state index in [-0.39, 0.29) is 18.2 Å². The van der Waals surface area contributed by atoms with Crippen molar-refractivity contribution < 1.29 is 14.3 Å². The maximum Gasteiger partial charge on any atom is 0.328 e. The summed E-state index contributed by atoms with van der Waals surface area (Å²) in [6, 6.07) is 12.0. The van der Waals surface area contributed by atoms with Gasteiger partial charge in [0.15, 0.2) is 0 Å². The van der Waals surface area contributed by atoms with Gasteiger partial charge in [0.25, 0.3) is 0 Å². The van der Waals surface area contributed by atoms with Crippen LogP contribution < -0.4 is 0 Å². The number of H-pyrrole nitrogens is 1. The number of carboxylic acids is 1. The van der Waals surface area contributed by atoms with Crippen LogP contribution in [0, 0.1) is 5.82 Å². The molecule has 23 heavy (non-hydrogen) atoms. The SMILES string of the molecule is Cl.O=C(O)/C=C/c1ccc(Cc2nc3ccc(F)cc3[nH]2)cc1. The van der Waals surface area contributed by atoms with E-state index >= 15 is 0 Å². The average molecular weight is 333 g/mol. The highest BCUT2D eigenvalue weighted by Gasteiger charge is 2.05. The van der Waals surface area contributed by atoms with Crippen molar-refractivity contribution in [3.63, 3.8) is 0 Å². The highest BCUT2D eigenvalue weighted by Crippen LogP contribution is 2.16. The molecule has 0 radical (unpaired) electrons. The zero-order valence-electron chi connectivity index (χ0n) is 12.0. The van der Waals surface area contributed by atoms with Crippen molar-refractivity contribution in [2.45, 2.75) is 6.42 Å². The third-order valence-electron chi connectivity index (χ3n) is 3.26. The van der Waals surface area contributed by atoms with E-state index in [9.17, 15) is 9.18 Å². The standard InChI is InChI=1S/C17H13FN2O2.ClH/c18-13-6-7-14-15(10-13)20-16(19-14)9-12-3-1-11(2-4-12)5-8-17(21)22;/h1-8,10H,9H2,(H,19,20)(H,21,22);1H/b8-5+;. The van der Waals surface area contributed by atoms with Crippen molar-refractivity contribution >= 4 is 35.5 Å². The minimum absolute atomic E-state index is 0. The second-order valence-electron chi connectivity index (χ2n) is 4.93. The molecule has 2 N–H and O–H groups in total. The van der Waals surface area contributed by atoms with Gasteiger partial charge in [-0.05, 0) is 35.4 Å². The fraction of sp³-hybridized carbons (Fsp3) is 0.0588. The van der Waals surface area contributed by atoms with Gasteiger partial charge in [0.05, 0.1) is 11.0 Å². The molecule has 6 heteroatoms. The molecule has 0 aliphatic rings. The van der Waals surface area contributed by atoms with Crippen molar-refractivity contribution in [2.24, 2.45) is 0 Å². The largest absolute Gasteiger partial charge is 0.478 e. The predicted molar refractivity (Wildman–Crippen MR) is 89.2 cm³/mol. The van der Waals surface area contributed by atoms with Crippen LogP contribution in [0.5, 0.6) is 0 Å². The summed E-state index contributed by atoms with van der Waals surface area (Å²) in [5, 5.41) is 8.59. The maximum absolute atomic E-state index is 13.2. The Morgan fingerprint density at radius 1 is 1.22 bits per heavy atom. The lowest BCUT2D eigenvalue weighted by Crippen LogP contribution is -1.91. The Morgan fingerprint density at radius 3 is 2.65 bits per heavy atom. The van der Waals surface area contributed by atoms with Crippen LogP contribution >= 0.6 is 12.4 Å². The number of aliphatic carboxylic acids is 1. The second kappa shape index (κ2) is 7.07. The summed E-state index contributed by atoms with van der Waals surface area (Å²) < 4.78 is 13.2. The van der Waals surface area contributed by atoms with Crippen LogP contribution in [-0.2, 0) is 11.2 Å². The number of benzene rings is 2. The molecule has 0 atom stereocenters. The predicted octanol–water partition coefficient (Wildman–Crippen LogP) is 3.81. The number of rotatable bonds is 4. The van der Waals surface area contributed by atoms with Gasteiger partial charge in [0.1, 0.15) is 11.6 Å². The molecule has 118 valence electrons. The zero-order chi connectivity index (χ0) is 15.5. The number of nitrogens with zero attached hydrogens (tertiary/aromatic N) is 1. The lowest BCUT2D eigenvalue weighted by molar-refractivity contribution is -0.131. The van der Waals surface area contributed by atoms with Crippen molar-refractivity contribution in [3.05, 3.63) is 71.3 Å². The molecule has 0 saturated heterocycles. The number of carbonyl (C=O) groups is 1. The molecule has 0 fully saturated rings. The van der Waals surface area contributed by atoms with Crippen molar-refractivity contribution in [2.75, 3.05) is 0 Å². The minimum Gasteiger partial charge on any atom is -0.478 e. The number of aromatic nitrogens is 2. The molecule has 0 saturated carbocycles. The van der Waals surface area contributed by atoms with Crippen molar-refractivity contribution in [1.82, 2.24) is 9.97 Å². The van der Waals surface area contributed by atoms with Gasteiger partial charge in [0.2, 0.25) is 0 Å². The van der Waals surface area contributed by atoms with E-state index in [0.717, 1.165) is 28.5 Å². The van der Waals surface area contributed by atoms with E-state index in [4.69, 9.17) is 5.11 Å². The molecule has 0 amide bonds. The normalized spacial score (nSPS) is 10.8. The van der Waals surface area contributed by atoms with Crippen LogP contribution in [0.1, 0.15) is 17.0 Å². The molecule has 0 spiro atoms. The molecule has 0 aliphatic heterocycles. The van der Waals surface area contributed by atoms with E-state index in [1.165, 1.54) is 18.2 Å². The van der Waals surface area contributed by atoms with E-state index in [1.54, 1.807) is 6.07 Å². The molecule has 0 aliphatic carbocycles. The first-order chi connectivity index (χ1) is 10.6. The second-order valence-corrected chi connectivity index (χ2v) is 4.93. The summed E-state index contributed by atoms with van der Waals surface area (Å²) >= 11 is 0. The van der Waals surface area contributed by atoms with Gasteiger partial charge in [-0.15, -0.1) is 12.4 Å². The van der Waals surface area contributed by atoms with Crippen LogP contribution in [0.15, 0.2) is 48.5 Å². The Labute approximate surface area is 138 Å². The highest BCUT2D eigenvalue weighted by molar-refractivity contribution is 5.85. The minimum atomic E-state index is -0.974. The van der Waals surface area contributed by atoms with Gasteiger partial charge in [-0.1, -0.05) is 24.3 Å². The van der Waals surface area contributed by atoms with Gasteiger partial charge in [-0.25, -0.2) is 14.2 Å². The van der Waals surface area contributed by atoms with Gasteiger partial charge >= 0.3 is 5.97 Å². The average Bonchev–Trinajstić information content (AvgIpc) is 2.87. The number of halogens is 2. The Balaban J connectivity index is 0.00000192. The van der Waals surface area contributed by atoms with Crippen LogP contribution in [0.3, 0.4) is 0 Å². The fourth-order valence-electron chi connectivity index (χ4n) is 2.23. The van der Waals surface area contributed by atoms with Gasteiger partial charge in [-0.2, -0.15) is 0 Å². The van der Waals surface area contributed by atoms with Crippen molar-refractivity contribution in [1.29, 1.82) is 0 Å². The van der Waals surface area contributed by atoms with E-state index < -0.39 is 5.97 Å². The Morgan fingerprint density at radius 2 is 1.96 bits per heavy atom. The van der Waals surface area contributed by atoms with Crippen LogP contribution in [0.2, 0.25) is 0 Å². The molecule has 2 aromatic carbocycles. The maximum atomic E-state index is 13.2. The topological polar surface area (TPSA) is 66.0 Å². The molecular weight excluding hydrogens is 319 g/mol. The Kier molecular flexibility index (Phi) is 5.13. The number of fused-ring (bicyclic) bond motifs is 1. The molecule has 0 bridgehead atoms. The summed E-state index contributed by atoms with van der Waals surface area (Å²) in [7, 11) is 0. The number of aromatic amines is 1. The summed E-state index contributed by atoms with van der Waals surface area (Å²) in [5.74, 6) is -0.509. The summed E-state index contributed by atoms with van der Waals surface area (Å²) in [4.78, 5) is 18.0. The first kappa shape index (κ1) is 16.7. The lowest BCUT2D eigenvalue weighted by Gasteiger charge is -1.99. The quantitative estimate of drug-likeness (QED) is 0.714. The summed E-state index contributed by atoms with van der Waals surface area (Å²) in [6.45, 7) is 0. The molecule has 4 nitrogen and oxygen atoms in total. The van der Waals surface area contributed by atoms with E-state index in [1.807, 2.05) is 24.3 Å². The number of hydrogen-bond acceptors (Lipinski definition) is 2. The fourth-order valence-corrected chi connectivity index (χ4v) is 2.23. The molecule has 1 aromatic heterocycles. The Hall–Kier alpha value is -2.66. The number of nitrogens with one attached hydrogen (secondary N) is 1. The van der Waals surface area contributed by atoms with Crippen molar-refractivity contribution in [3.8, 4) is 0 Å². The first-order valence-electron chi connectivity index (χ1n) is 6.74. The van der Waals surface area contributed by atoms with Gasteiger partial charge in [0, 0.05) is 12.5 Å².